The molecule has 2 aromatic rings. The highest BCUT2D eigenvalue weighted by molar-refractivity contribution is 9.10. The summed E-state index contributed by atoms with van der Waals surface area (Å²) < 4.78 is 10.8. The van der Waals surface area contributed by atoms with Crippen molar-refractivity contribution in [3.63, 3.8) is 0 Å². The van der Waals surface area contributed by atoms with Gasteiger partial charge in [0.05, 0.1) is 7.11 Å². The third-order valence-corrected chi connectivity index (χ3v) is 4.34. The first-order valence-electron chi connectivity index (χ1n) is 7.75. The largest absolute Gasteiger partial charge is 0.493 e. The summed E-state index contributed by atoms with van der Waals surface area (Å²) in [6.07, 6.45) is 1.37. The number of nitriles is 1. The van der Waals surface area contributed by atoms with Crippen LogP contribution in [0.3, 0.4) is 0 Å². The zero-order valence-electron chi connectivity index (χ0n) is 14.5. The van der Waals surface area contributed by atoms with Gasteiger partial charge in [-0.3, -0.25) is 4.79 Å². The predicted octanol–water partition coefficient (Wildman–Crippen LogP) is 4.12. The summed E-state index contributed by atoms with van der Waals surface area (Å²) in [6, 6.07) is 11.3. The molecule has 7 nitrogen and oxygen atoms in total. The number of aliphatic carboxylic acids is 1. The summed E-state index contributed by atoms with van der Waals surface area (Å²) in [5.41, 5.74) is 0.823. The fraction of sp³-hybridized carbons (Fsp3) is 0.105. The fourth-order valence-corrected chi connectivity index (χ4v) is 2.67. The molecule has 0 fully saturated rings. The van der Waals surface area contributed by atoms with Crippen LogP contribution in [0, 0.1) is 11.3 Å². The predicted molar refractivity (Wildman–Crippen MR) is 107 cm³/mol. The maximum Gasteiger partial charge on any atom is 0.341 e. The number of methoxy groups -OCH3 is 1. The van der Waals surface area contributed by atoms with Crippen LogP contribution in [0.2, 0.25) is 5.02 Å². The zero-order chi connectivity index (χ0) is 20.7. The molecule has 0 saturated carbocycles. The lowest BCUT2D eigenvalue weighted by molar-refractivity contribution is -0.139. The lowest BCUT2D eigenvalue weighted by Gasteiger charge is -2.12. The Labute approximate surface area is 174 Å². The molecule has 0 spiro atoms. The summed E-state index contributed by atoms with van der Waals surface area (Å²) in [6.45, 7) is -0.537. The number of hydrogen-bond donors (Lipinski definition) is 2. The fourth-order valence-electron chi connectivity index (χ4n) is 2.11. The monoisotopic (exact) mass is 464 g/mol. The van der Waals surface area contributed by atoms with Gasteiger partial charge in [-0.1, -0.05) is 27.5 Å². The van der Waals surface area contributed by atoms with Gasteiger partial charge in [0.25, 0.3) is 5.91 Å². The van der Waals surface area contributed by atoms with E-state index in [9.17, 15) is 14.9 Å². The standard InChI is InChI=1S/C19H14BrClN2O5/c1-27-16-7-11(15(20)8-17(16)28-10-18(24)25)6-12(9-22)19(26)23-14-4-2-13(21)3-5-14/h2-8H,10H2,1H3,(H,23,26)(H,24,25). The smallest absolute Gasteiger partial charge is 0.341 e. The quantitative estimate of drug-likeness (QED) is 0.470. The van der Waals surface area contributed by atoms with Gasteiger partial charge in [-0.25, -0.2) is 4.79 Å². The van der Waals surface area contributed by atoms with Crippen LogP contribution >= 0.6 is 27.5 Å². The van der Waals surface area contributed by atoms with E-state index in [4.69, 9.17) is 26.2 Å². The molecule has 0 aliphatic carbocycles. The maximum absolute atomic E-state index is 12.4. The Balaban J connectivity index is 2.29. The van der Waals surface area contributed by atoms with Gasteiger partial charge >= 0.3 is 5.97 Å². The molecule has 0 heterocycles. The van der Waals surface area contributed by atoms with E-state index in [1.165, 1.54) is 25.3 Å². The number of anilines is 1. The van der Waals surface area contributed by atoms with Crippen LogP contribution in [0.4, 0.5) is 5.69 Å². The summed E-state index contributed by atoms with van der Waals surface area (Å²) in [5, 5.41) is 21.2. The Hall–Kier alpha value is -3.02. The molecule has 9 heteroatoms. The van der Waals surface area contributed by atoms with E-state index in [1.54, 1.807) is 24.3 Å². The molecule has 0 aliphatic heterocycles. The molecule has 0 radical (unpaired) electrons. The second kappa shape index (κ2) is 9.78. The van der Waals surface area contributed by atoms with Gasteiger partial charge in [-0.15, -0.1) is 0 Å². The summed E-state index contributed by atoms with van der Waals surface area (Å²) in [7, 11) is 1.39. The van der Waals surface area contributed by atoms with Gasteiger partial charge in [0.2, 0.25) is 0 Å². The van der Waals surface area contributed by atoms with Crippen LogP contribution in [0.5, 0.6) is 11.5 Å². The number of carboxylic acid groups (broad SMARTS) is 1. The molecule has 144 valence electrons. The number of ether oxygens (including phenoxy) is 2. The average molecular weight is 466 g/mol. The minimum Gasteiger partial charge on any atom is -0.493 e. The minimum atomic E-state index is -1.13. The Bertz CT molecular complexity index is 968. The van der Waals surface area contributed by atoms with Gasteiger partial charge < -0.3 is 19.9 Å². The number of nitrogens with zero attached hydrogens (tertiary/aromatic N) is 1. The normalized spacial score (nSPS) is 10.7. The highest BCUT2D eigenvalue weighted by Crippen LogP contribution is 2.34. The first-order valence-corrected chi connectivity index (χ1v) is 8.92. The van der Waals surface area contributed by atoms with Gasteiger partial charge in [0.1, 0.15) is 11.6 Å². The van der Waals surface area contributed by atoms with E-state index in [0.29, 0.717) is 20.7 Å². The molecule has 0 aromatic heterocycles. The highest BCUT2D eigenvalue weighted by atomic mass is 79.9. The van der Waals surface area contributed by atoms with Crippen LogP contribution in [-0.2, 0) is 9.59 Å². The van der Waals surface area contributed by atoms with E-state index >= 15 is 0 Å². The average Bonchev–Trinajstić information content (AvgIpc) is 2.67. The van der Waals surface area contributed by atoms with Gasteiger partial charge in [-0.2, -0.15) is 5.26 Å². The number of rotatable bonds is 7. The Morgan fingerprint density at radius 1 is 1.29 bits per heavy atom. The molecule has 0 unspecified atom stereocenters. The van der Waals surface area contributed by atoms with Crippen molar-refractivity contribution in [1.29, 1.82) is 5.26 Å². The van der Waals surface area contributed by atoms with Gasteiger partial charge in [0.15, 0.2) is 18.1 Å². The van der Waals surface area contributed by atoms with E-state index in [-0.39, 0.29) is 17.1 Å². The summed E-state index contributed by atoms with van der Waals surface area (Å²) >= 11 is 9.12. The number of hydrogen-bond acceptors (Lipinski definition) is 5. The molecule has 2 aromatic carbocycles. The number of amides is 1. The Morgan fingerprint density at radius 2 is 1.96 bits per heavy atom. The molecule has 1 amide bonds. The summed E-state index contributed by atoms with van der Waals surface area (Å²) in [5.74, 6) is -1.26. The molecule has 0 aliphatic rings. The van der Waals surface area contributed by atoms with Crippen molar-refractivity contribution < 1.29 is 24.2 Å². The maximum atomic E-state index is 12.4. The molecule has 0 saturated heterocycles. The number of nitrogens with one attached hydrogen (secondary N) is 1. The third kappa shape index (κ3) is 5.74. The van der Waals surface area contributed by atoms with E-state index < -0.39 is 18.5 Å². The van der Waals surface area contributed by atoms with E-state index in [0.717, 1.165) is 0 Å². The minimum absolute atomic E-state index is 0.142. The number of carbonyl (C=O) groups excluding carboxylic acids is 1. The highest BCUT2D eigenvalue weighted by Gasteiger charge is 2.14. The lowest BCUT2D eigenvalue weighted by atomic mass is 10.1. The van der Waals surface area contributed by atoms with E-state index in [2.05, 4.69) is 21.2 Å². The zero-order valence-corrected chi connectivity index (χ0v) is 16.9. The SMILES string of the molecule is COc1cc(C=C(C#N)C(=O)Nc2ccc(Cl)cc2)c(Br)cc1OCC(=O)O. The number of carbonyl (C=O) groups is 2. The van der Waals surface area contributed by atoms with Crippen molar-refractivity contribution in [2.75, 3.05) is 19.0 Å². The van der Waals surface area contributed by atoms with Crippen LogP contribution in [0.15, 0.2) is 46.4 Å². The first kappa shape index (κ1) is 21.3. The van der Waals surface area contributed by atoms with Gasteiger partial charge in [0, 0.05) is 15.2 Å². The molecular weight excluding hydrogens is 452 g/mol. The van der Waals surface area contributed by atoms with Crippen LogP contribution in [0.25, 0.3) is 6.08 Å². The summed E-state index contributed by atoms with van der Waals surface area (Å²) in [4.78, 5) is 23.0. The Kier molecular flexibility index (Phi) is 7.44. The van der Waals surface area contributed by atoms with Crippen LogP contribution in [0.1, 0.15) is 5.56 Å². The molecule has 0 atom stereocenters. The number of halogens is 2. The van der Waals surface area contributed by atoms with Crippen molar-refractivity contribution in [2.24, 2.45) is 0 Å². The van der Waals surface area contributed by atoms with Gasteiger partial charge in [-0.05, 0) is 48.0 Å². The molecule has 0 bridgehead atoms. The van der Waals surface area contributed by atoms with Crippen molar-refractivity contribution in [1.82, 2.24) is 0 Å². The van der Waals surface area contributed by atoms with Crippen molar-refractivity contribution in [3.05, 3.63) is 57.0 Å². The second-order valence-corrected chi connectivity index (χ2v) is 6.63. The van der Waals surface area contributed by atoms with Crippen LogP contribution in [-0.4, -0.2) is 30.7 Å². The Morgan fingerprint density at radius 3 is 2.54 bits per heavy atom. The third-order valence-electron chi connectivity index (χ3n) is 3.40. The first-order chi connectivity index (χ1) is 13.3. The topological polar surface area (TPSA) is 109 Å². The molecular formula is C19H14BrClN2O5. The van der Waals surface area contributed by atoms with Crippen LogP contribution < -0.4 is 14.8 Å². The second-order valence-electron chi connectivity index (χ2n) is 5.34. The van der Waals surface area contributed by atoms with E-state index in [1.807, 2.05) is 6.07 Å². The number of carboxylic acids is 1. The number of benzene rings is 2. The van der Waals surface area contributed by atoms with Crippen molar-refractivity contribution >= 4 is 51.2 Å². The molecule has 2 N–H and O–H groups in total. The van der Waals surface area contributed by atoms with Crippen molar-refractivity contribution in [2.45, 2.75) is 0 Å². The molecule has 2 rings (SSSR count). The lowest BCUT2D eigenvalue weighted by Crippen LogP contribution is -2.13. The molecule has 28 heavy (non-hydrogen) atoms. The van der Waals surface area contributed by atoms with Crippen molar-refractivity contribution in [3.8, 4) is 17.6 Å².